The van der Waals surface area contributed by atoms with Crippen LogP contribution in [0, 0.1) is 19.8 Å². The van der Waals surface area contributed by atoms with E-state index in [1.54, 1.807) is 0 Å². The molecule has 0 saturated carbocycles. The summed E-state index contributed by atoms with van der Waals surface area (Å²) in [5.74, 6) is 0.594. The number of anilines is 6. The summed E-state index contributed by atoms with van der Waals surface area (Å²) in [5.41, 5.74) is 18.4. The standard InChI is InChI=1S/C72H58N2/c1-51-49-67(72(55-29-13-5-14-30-55)57-43-41-56(42-44-57)71(53-25-9-3-10-26-53)54-27-11-4-12-28-54)63-37-21-23-39-65(63)69(51)70-52(2)50-68(64-38-22-24-40-66(64)70)74(60-35-19-8-20-36-60)62-47-45-61(46-48-62)73(58-31-15-6-16-32-58)59-33-17-7-18-34-59/h3-29,31-50,55,71-72H,30H2,1-2H3. The molecule has 0 N–H and O–H groups in total. The molecule has 0 aromatic heterocycles. The minimum Gasteiger partial charge on any atom is -0.311 e. The van der Waals surface area contributed by atoms with Crippen molar-refractivity contribution in [3.8, 4) is 11.1 Å². The van der Waals surface area contributed by atoms with Gasteiger partial charge in [-0.1, -0.05) is 218 Å². The number of hydrogen-bond acceptors (Lipinski definition) is 2. The zero-order valence-corrected chi connectivity index (χ0v) is 42.0. The van der Waals surface area contributed by atoms with E-state index in [4.69, 9.17) is 0 Å². The minimum atomic E-state index is 0.144. The maximum absolute atomic E-state index is 2.52. The number of hydrogen-bond donors (Lipinski definition) is 0. The first-order valence-corrected chi connectivity index (χ1v) is 26.0. The van der Waals surface area contributed by atoms with Crippen LogP contribution in [-0.4, -0.2) is 0 Å². The molecule has 74 heavy (non-hydrogen) atoms. The van der Waals surface area contributed by atoms with Crippen molar-refractivity contribution in [1.29, 1.82) is 0 Å². The lowest BCUT2D eigenvalue weighted by atomic mass is 9.74. The molecule has 1 aliphatic carbocycles. The molecule has 1 aliphatic rings. The van der Waals surface area contributed by atoms with Gasteiger partial charge in [0.25, 0.3) is 0 Å². The van der Waals surface area contributed by atoms with Gasteiger partial charge in [-0.05, 0) is 159 Å². The SMILES string of the molecule is Cc1cc(C(c2ccc(C(c3ccccc3)c3ccccc3)cc2)C2C=CC=CC2)c2ccccc2c1-c1c(C)cc(N(c2ccccc2)c2ccc(N(c3ccccc3)c3ccccc3)cc2)c2ccccc12. The molecule has 2 unspecified atom stereocenters. The topological polar surface area (TPSA) is 6.48 Å². The van der Waals surface area contributed by atoms with E-state index < -0.39 is 0 Å². The van der Waals surface area contributed by atoms with E-state index in [0.29, 0.717) is 5.92 Å². The van der Waals surface area contributed by atoms with E-state index in [9.17, 15) is 0 Å². The molecular weight excluding hydrogens is 893 g/mol. The Kier molecular flexibility index (Phi) is 12.9. The van der Waals surface area contributed by atoms with Crippen LogP contribution >= 0.6 is 0 Å². The van der Waals surface area contributed by atoms with Gasteiger partial charge in [0.15, 0.2) is 0 Å². The van der Waals surface area contributed by atoms with Crippen molar-refractivity contribution in [2.75, 3.05) is 9.80 Å². The van der Waals surface area contributed by atoms with E-state index in [2.05, 4.69) is 309 Å². The molecule has 356 valence electrons. The third-order valence-corrected chi connectivity index (χ3v) is 15.1. The summed E-state index contributed by atoms with van der Waals surface area (Å²) in [5, 5.41) is 5.02. The van der Waals surface area contributed by atoms with Gasteiger partial charge in [-0.2, -0.15) is 0 Å². The van der Waals surface area contributed by atoms with Gasteiger partial charge in [0.05, 0.1) is 5.69 Å². The molecule has 0 bridgehead atoms. The minimum absolute atomic E-state index is 0.144. The highest BCUT2D eigenvalue weighted by molar-refractivity contribution is 6.13. The molecule has 0 heterocycles. The lowest BCUT2D eigenvalue weighted by Gasteiger charge is -2.31. The van der Waals surface area contributed by atoms with Crippen LogP contribution in [0.5, 0.6) is 0 Å². The van der Waals surface area contributed by atoms with Crippen LogP contribution in [0.15, 0.2) is 285 Å². The van der Waals surface area contributed by atoms with Gasteiger partial charge in [-0.3, -0.25) is 0 Å². The quantitative estimate of drug-likeness (QED) is 0.106. The summed E-state index contributed by atoms with van der Waals surface area (Å²) in [6, 6.07) is 95.6. The lowest BCUT2D eigenvalue weighted by Crippen LogP contribution is -2.15. The summed E-state index contributed by atoms with van der Waals surface area (Å²) in [4.78, 5) is 4.74. The average molecular weight is 951 g/mol. The van der Waals surface area contributed by atoms with Crippen molar-refractivity contribution in [2.45, 2.75) is 32.1 Å². The fourth-order valence-corrected chi connectivity index (χ4v) is 11.8. The smallest absolute Gasteiger partial charge is 0.0543 e. The van der Waals surface area contributed by atoms with Gasteiger partial charge in [-0.25, -0.2) is 0 Å². The molecule has 0 spiro atoms. The first kappa shape index (κ1) is 46.1. The van der Waals surface area contributed by atoms with Crippen LogP contribution in [-0.2, 0) is 0 Å². The van der Waals surface area contributed by atoms with Gasteiger partial charge in [-0.15, -0.1) is 0 Å². The van der Waals surface area contributed by atoms with Gasteiger partial charge in [0, 0.05) is 45.7 Å². The first-order chi connectivity index (χ1) is 36.6. The van der Waals surface area contributed by atoms with Gasteiger partial charge >= 0.3 is 0 Å². The van der Waals surface area contributed by atoms with Crippen LogP contribution in [0.25, 0.3) is 32.7 Å². The third-order valence-electron chi connectivity index (χ3n) is 15.1. The maximum atomic E-state index is 2.52. The van der Waals surface area contributed by atoms with Crippen molar-refractivity contribution < 1.29 is 0 Å². The number of para-hydroxylation sites is 3. The van der Waals surface area contributed by atoms with Crippen LogP contribution in [0.4, 0.5) is 34.1 Å². The Bertz CT molecular complexity index is 3670. The number of allylic oxidation sites excluding steroid dienone is 4. The zero-order chi connectivity index (χ0) is 49.8. The number of rotatable bonds is 13. The van der Waals surface area contributed by atoms with Crippen molar-refractivity contribution in [3.63, 3.8) is 0 Å². The second kappa shape index (κ2) is 20.6. The van der Waals surface area contributed by atoms with Crippen molar-refractivity contribution in [2.24, 2.45) is 5.92 Å². The molecule has 0 saturated heterocycles. The van der Waals surface area contributed by atoms with E-state index in [0.717, 1.165) is 40.5 Å². The summed E-state index contributed by atoms with van der Waals surface area (Å²) in [6.07, 6.45) is 10.2. The lowest BCUT2D eigenvalue weighted by molar-refractivity contribution is 0.575. The van der Waals surface area contributed by atoms with E-state index >= 15 is 0 Å². The van der Waals surface area contributed by atoms with Crippen LogP contribution in [0.1, 0.15) is 57.2 Å². The Morgan fingerprint density at radius 2 is 0.743 bits per heavy atom. The Labute approximate surface area is 436 Å². The Morgan fingerprint density at radius 3 is 1.26 bits per heavy atom. The Balaban J connectivity index is 0.975. The molecule has 2 atom stereocenters. The molecule has 0 amide bonds. The molecule has 0 radical (unpaired) electrons. The Morgan fingerprint density at radius 1 is 0.351 bits per heavy atom. The zero-order valence-electron chi connectivity index (χ0n) is 42.0. The summed E-state index contributed by atoms with van der Waals surface area (Å²) in [6.45, 7) is 4.64. The largest absolute Gasteiger partial charge is 0.311 e. The van der Waals surface area contributed by atoms with Crippen LogP contribution in [0.3, 0.4) is 0 Å². The molecular formula is C72H58N2. The molecule has 2 heteroatoms. The normalized spacial score (nSPS) is 13.6. The highest BCUT2D eigenvalue weighted by atomic mass is 15.2. The predicted molar refractivity (Wildman–Crippen MR) is 314 cm³/mol. The fourth-order valence-electron chi connectivity index (χ4n) is 11.8. The molecule has 11 aromatic rings. The summed E-state index contributed by atoms with van der Waals surface area (Å²) < 4.78 is 0. The predicted octanol–water partition coefficient (Wildman–Crippen LogP) is 19.7. The molecule has 11 aromatic carbocycles. The third kappa shape index (κ3) is 8.90. The second-order valence-corrected chi connectivity index (χ2v) is 19.6. The highest BCUT2D eigenvalue weighted by Crippen LogP contribution is 2.49. The van der Waals surface area contributed by atoms with Crippen molar-refractivity contribution in [1.82, 2.24) is 0 Å². The first-order valence-electron chi connectivity index (χ1n) is 26.0. The molecule has 12 rings (SSSR count). The van der Waals surface area contributed by atoms with Gasteiger partial charge in [0.1, 0.15) is 0 Å². The number of fused-ring (bicyclic) bond motifs is 2. The number of benzene rings is 11. The molecule has 0 fully saturated rings. The number of nitrogens with zero attached hydrogens (tertiary/aromatic N) is 2. The maximum Gasteiger partial charge on any atom is 0.0543 e. The van der Waals surface area contributed by atoms with Gasteiger partial charge in [0.2, 0.25) is 0 Å². The Hall–Kier alpha value is -8.98. The summed E-state index contributed by atoms with van der Waals surface area (Å²) >= 11 is 0. The number of aryl methyl sites for hydroxylation is 2. The van der Waals surface area contributed by atoms with Crippen molar-refractivity contribution >= 4 is 55.7 Å². The average Bonchev–Trinajstić information content (AvgIpc) is 3.46. The van der Waals surface area contributed by atoms with E-state index in [1.807, 2.05) is 0 Å². The fraction of sp³-hybridized carbons (Fsp3) is 0.0833. The molecule has 0 aliphatic heterocycles. The van der Waals surface area contributed by atoms with E-state index in [-0.39, 0.29) is 11.8 Å². The second-order valence-electron chi connectivity index (χ2n) is 19.6. The summed E-state index contributed by atoms with van der Waals surface area (Å²) in [7, 11) is 0. The van der Waals surface area contributed by atoms with Crippen molar-refractivity contribution in [3.05, 3.63) is 324 Å². The molecule has 2 nitrogen and oxygen atoms in total. The highest BCUT2D eigenvalue weighted by Gasteiger charge is 2.29. The van der Waals surface area contributed by atoms with E-state index in [1.165, 1.54) is 71.6 Å². The van der Waals surface area contributed by atoms with Gasteiger partial charge < -0.3 is 9.80 Å². The van der Waals surface area contributed by atoms with Crippen LogP contribution < -0.4 is 9.80 Å². The monoisotopic (exact) mass is 950 g/mol. The van der Waals surface area contributed by atoms with Crippen LogP contribution in [0.2, 0.25) is 0 Å².